The number of aromatic nitrogens is 3. The second-order valence-electron chi connectivity index (χ2n) is 6.64. The van der Waals surface area contributed by atoms with Gasteiger partial charge in [0, 0.05) is 25.5 Å². The number of hydrogen-bond acceptors (Lipinski definition) is 5. The number of benzene rings is 1. The van der Waals surface area contributed by atoms with Crippen LogP contribution in [0.3, 0.4) is 0 Å². The predicted molar refractivity (Wildman–Crippen MR) is 120 cm³/mol. The number of amides is 1. The van der Waals surface area contributed by atoms with Crippen molar-refractivity contribution in [1.82, 2.24) is 14.5 Å². The van der Waals surface area contributed by atoms with Gasteiger partial charge in [0.25, 0.3) is 5.91 Å². The van der Waals surface area contributed by atoms with Gasteiger partial charge in [-0.15, -0.1) is 11.3 Å². The minimum Gasteiger partial charge on any atom is -0.337 e. The number of anilines is 1. The van der Waals surface area contributed by atoms with Gasteiger partial charge >= 0.3 is 0 Å². The molecule has 1 amide bonds. The highest BCUT2D eigenvalue weighted by atomic mass is 79.9. The van der Waals surface area contributed by atoms with E-state index in [1.807, 2.05) is 27.8 Å². The van der Waals surface area contributed by atoms with E-state index in [0.29, 0.717) is 11.4 Å². The van der Waals surface area contributed by atoms with Crippen molar-refractivity contribution in [2.24, 2.45) is 0 Å². The third-order valence-corrected chi connectivity index (χ3v) is 7.27. The molecule has 8 heteroatoms. The molecule has 0 fully saturated rings. The number of nitrogens with zero attached hydrogens (tertiary/aromatic N) is 4. The maximum absolute atomic E-state index is 13.2. The third-order valence-electron chi connectivity index (χ3n) is 4.43. The fourth-order valence-corrected chi connectivity index (χ4v) is 5.53. The van der Waals surface area contributed by atoms with E-state index in [4.69, 9.17) is 4.98 Å². The largest absolute Gasteiger partial charge is 0.337 e. The maximum atomic E-state index is 13.2. The SMILES string of the molecule is Cc1cc(C)c2sc(N(CCCn3ccnc3)C(=O)c3ccc(Br)s3)nc2c1. The molecule has 5 nitrogen and oxygen atoms in total. The highest BCUT2D eigenvalue weighted by Crippen LogP contribution is 2.34. The van der Waals surface area contributed by atoms with Gasteiger partial charge in [-0.25, -0.2) is 9.97 Å². The monoisotopic (exact) mass is 474 g/mol. The number of aryl methyl sites for hydroxylation is 3. The topological polar surface area (TPSA) is 51.0 Å². The molecule has 0 radical (unpaired) electrons. The lowest BCUT2D eigenvalue weighted by Crippen LogP contribution is -2.31. The number of rotatable bonds is 6. The lowest BCUT2D eigenvalue weighted by molar-refractivity contribution is 0.0990. The van der Waals surface area contributed by atoms with Gasteiger partial charge in [0.15, 0.2) is 5.13 Å². The molecule has 28 heavy (non-hydrogen) atoms. The van der Waals surface area contributed by atoms with Crippen molar-refractivity contribution >= 4 is 59.9 Å². The van der Waals surface area contributed by atoms with Crippen LogP contribution >= 0.6 is 38.6 Å². The van der Waals surface area contributed by atoms with E-state index in [2.05, 4.69) is 46.9 Å². The van der Waals surface area contributed by atoms with Crippen molar-refractivity contribution in [3.05, 3.63) is 62.8 Å². The van der Waals surface area contributed by atoms with Gasteiger partial charge in [0.2, 0.25) is 0 Å². The van der Waals surface area contributed by atoms with Crippen LogP contribution in [0.5, 0.6) is 0 Å². The summed E-state index contributed by atoms with van der Waals surface area (Å²) >= 11 is 6.49. The lowest BCUT2D eigenvalue weighted by Gasteiger charge is -2.19. The summed E-state index contributed by atoms with van der Waals surface area (Å²) in [6.07, 6.45) is 6.33. The normalized spacial score (nSPS) is 11.2. The van der Waals surface area contributed by atoms with Crippen molar-refractivity contribution in [2.45, 2.75) is 26.8 Å². The predicted octanol–water partition coefficient (Wildman–Crippen LogP) is 5.67. The van der Waals surface area contributed by atoms with Crippen LogP contribution < -0.4 is 4.90 Å². The smallest absolute Gasteiger partial charge is 0.270 e. The summed E-state index contributed by atoms with van der Waals surface area (Å²) in [7, 11) is 0. The Morgan fingerprint density at radius 2 is 2.11 bits per heavy atom. The van der Waals surface area contributed by atoms with E-state index in [-0.39, 0.29) is 5.91 Å². The Kier molecular flexibility index (Phi) is 5.61. The quantitative estimate of drug-likeness (QED) is 0.361. The van der Waals surface area contributed by atoms with E-state index in [9.17, 15) is 4.79 Å². The minimum absolute atomic E-state index is 0.00485. The number of imidazole rings is 1. The van der Waals surface area contributed by atoms with Crippen LogP contribution in [0.2, 0.25) is 0 Å². The van der Waals surface area contributed by atoms with Crippen molar-refractivity contribution in [3.8, 4) is 0 Å². The molecule has 0 saturated carbocycles. The molecule has 144 valence electrons. The van der Waals surface area contributed by atoms with Crippen LogP contribution in [0, 0.1) is 13.8 Å². The van der Waals surface area contributed by atoms with Gasteiger partial charge in [0.05, 0.1) is 25.2 Å². The average molecular weight is 475 g/mol. The molecule has 0 spiro atoms. The Hall–Kier alpha value is -2.03. The van der Waals surface area contributed by atoms with Crippen LogP contribution in [-0.2, 0) is 6.54 Å². The average Bonchev–Trinajstić information content (AvgIpc) is 3.38. The molecular formula is C20H19BrN4OS2. The summed E-state index contributed by atoms with van der Waals surface area (Å²) in [4.78, 5) is 24.6. The van der Waals surface area contributed by atoms with Crippen molar-refractivity contribution in [2.75, 3.05) is 11.4 Å². The number of carbonyl (C=O) groups excluding carboxylic acids is 1. The molecule has 3 aromatic heterocycles. The standard InChI is InChI=1S/C20H19BrN4OS2/c1-13-10-14(2)18-15(11-13)23-20(28-18)25(8-3-7-24-9-6-22-12-24)19(26)16-4-5-17(21)27-16/h4-6,9-12H,3,7-8H2,1-2H3. The first-order valence-corrected chi connectivity index (χ1v) is 11.3. The van der Waals surface area contributed by atoms with E-state index in [1.165, 1.54) is 22.5 Å². The molecule has 0 atom stereocenters. The molecule has 1 aromatic carbocycles. The Morgan fingerprint density at radius 1 is 1.25 bits per heavy atom. The first kappa shape index (κ1) is 19.3. The zero-order valence-electron chi connectivity index (χ0n) is 15.6. The van der Waals surface area contributed by atoms with Crippen molar-refractivity contribution in [1.29, 1.82) is 0 Å². The molecule has 0 N–H and O–H groups in total. The Morgan fingerprint density at radius 3 is 2.82 bits per heavy atom. The molecule has 3 heterocycles. The van der Waals surface area contributed by atoms with Crippen LogP contribution in [0.25, 0.3) is 10.2 Å². The van der Waals surface area contributed by atoms with E-state index >= 15 is 0 Å². The summed E-state index contributed by atoms with van der Waals surface area (Å²) in [5.41, 5.74) is 3.34. The molecule has 0 aliphatic carbocycles. The third kappa shape index (κ3) is 4.04. The summed E-state index contributed by atoms with van der Waals surface area (Å²) in [6, 6.07) is 8.01. The Labute approximate surface area is 179 Å². The van der Waals surface area contributed by atoms with Crippen LogP contribution in [0.4, 0.5) is 5.13 Å². The van der Waals surface area contributed by atoms with Gasteiger partial charge in [-0.3, -0.25) is 9.69 Å². The fourth-order valence-electron chi connectivity index (χ4n) is 3.16. The molecular weight excluding hydrogens is 456 g/mol. The summed E-state index contributed by atoms with van der Waals surface area (Å²) < 4.78 is 4.11. The summed E-state index contributed by atoms with van der Waals surface area (Å²) in [5, 5.41) is 0.754. The number of carbonyl (C=O) groups is 1. The van der Waals surface area contributed by atoms with Crippen molar-refractivity contribution < 1.29 is 4.79 Å². The number of halogens is 1. The Bertz CT molecular complexity index is 1120. The van der Waals surface area contributed by atoms with Gasteiger partial charge in [0.1, 0.15) is 0 Å². The van der Waals surface area contributed by atoms with Crippen LogP contribution in [0.1, 0.15) is 27.2 Å². The number of fused-ring (bicyclic) bond motifs is 1. The van der Waals surface area contributed by atoms with Crippen LogP contribution in [-0.4, -0.2) is 27.0 Å². The second kappa shape index (κ2) is 8.14. The van der Waals surface area contributed by atoms with E-state index in [0.717, 1.165) is 32.1 Å². The minimum atomic E-state index is -0.00485. The zero-order chi connectivity index (χ0) is 19.7. The fraction of sp³-hybridized carbons (Fsp3) is 0.250. The molecule has 0 saturated heterocycles. The van der Waals surface area contributed by atoms with Gasteiger partial charge in [-0.2, -0.15) is 0 Å². The Balaban J connectivity index is 1.65. The van der Waals surface area contributed by atoms with E-state index in [1.54, 1.807) is 23.9 Å². The van der Waals surface area contributed by atoms with E-state index < -0.39 is 0 Å². The highest BCUT2D eigenvalue weighted by molar-refractivity contribution is 9.11. The van der Waals surface area contributed by atoms with Crippen molar-refractivity contribution in [3.63, 3.8) is 0 Å². The summed E-state index contributed by atoms with van der Waals surface area (Å²) in [5.74, 6) is -0.00485. The molecule has 4 aromatic rings. The van der Waals surface area contributed by atoms with Gasteiger partial charge < -0.3 is 4.57 Å². The molecule has 0 aliphatic heterocycles. The first-order valence-electron chi connectivity index (χ1n) is 8.92. The van der Waals surface area contributed by atoms with Crippen LogP contribution in [0.15, 0.2) is 46.8 Å². The van der Waals surface area contributed by atoms with Gasteiger partial charge in [-0.1, -0.05) is 17.4 Å². The molecule has 0 unspecified atom stereocenters. The second-order valence-corrected chi connectivity index (χ2v) is 10.1. The molecule has 4 rings (SSSR count). The lowest BCUT2D eigenvalue weighted by atomic mass is 10.1. The molecule has 0 aliphatic rings. The zero-order valence-corrected chi connectivity index (χ0v) is 18.8. The number of thiophene rings is 1. The summed E-state index contributed by atoms with van der Waals surface area (Å²) in [6.45, 7) is 5.58. The molecule has 0 bridgehead atoms. The highest BCUT2D eigenvalue weighted by Gasteiger charge is 2.23. The first-order chi connectivity index (χ1) is 13.5. The maximum Gasteiger partial charge on any atom is 0.270 e. The van der Waals surface area contributed by atoms with Gasteiger partial charge in [-0.05, 0) is 65.5 Å². The number of hydrogen-bond donors (Lipinski definition) is 0. The number of thiazole rings is 1.